The number of ether oxygens (including phenoxy) is 1. The van der Waals surface area contributed by atoms with E-state index in [1.807, 2.05) is 0 Å². The molecule has 2 rings (SSSR count). The van der Waals surface area contributed by atoms with Crippen molar-refractivity contribution in [1.29, 1.82) is 0 Å². The first-order chi connectivity index (χ1) is 11.5. The van der Waals surface area contributed by atoms with Crippen LogP contribution in [0.15, 0.2) is 47.1 Å². The summed E-state index contributed by atoms with van der Waals surface area (Å²) < 4.78 is 10.0. The maximum Gasteiger partial charge on any atom is 0.331 e. The van der Waals surface area contributed by atoms with Gasteiger partial charge in [-0.05, 0) is 37.3 Å². The largest absolute Gasteiger partial charge is 0.467 e. The standard InChI is InChI=1S/C17H15Cl2NO4/c1-11(15-6-3-9-23-15)20-16(21)10-24-17(22)8-7-12-13(18)4-2-5-14(12)19/h2-9,11H,10H2,1H3,(H,20,21)/b8-7+/t11-/m0/s1. The number of hydrogen-bond donors (Lipinski definition) is 1. The lowest BCUT2D eigenvalue weighted by Gasteiger charge is -2.11. The van der Waals surface area contributed by atoms with E-state index in [4.69, 9.17) is 32.4 Å². The average Bonchev–Trinajstić information content (AvgIpc) is 3.07. The molecule has 126 valence electrons. The Morgan fingerprint density at radius 2 is 1.96 bits per heavy atom. The summed E-state index contributed by atoms with van der Waals surface area (Å²) >= 11 is 12.0. The van der Waals surface area contributed by atoms with Gasteiger partial charge in [-0.25, -0.2) is 4.79 Å². The van der Waals surface area contributed by atoms with Gasteiger partial charge in [0.05, 0.1) is 12.3 Å². The molecule has 1 heterocycles. The molecule has 0 radical (unpaired) electrons. The zero-order valence-electron chi connectivity index (χ0n) is 12.8. The second-order valence-electron chi connectivity index (χ2n) is 4.88. The third-order valence-electron chi connectivity index (χ3n) is 3.08. The maximum atomic E-state index is 11.7. The molecule has 24 heavy (non-hydrogen) atoms. The normalized spacial score (nSPS) is 12.1. The first-order valence-corrected chi connectivity index (χ1v) is 7.84. The molecular weight excluding hydrogens is 353 g/mol. The van der Waals surface area contributed by atoms with Gasteiger partial charge in [-0.2, -0.15) is 0 Å². The quantitative estimate of drug-likeness (QED) is 0.618. The van der Waals surface area contributed by atoms with Gasteiger partial charge in [0, 0.05) is 21.7 Å². The SMILES string of the molecule is C[C@H](NC(=O)COC(=O)/C=C/c1c(Cl)cccc1Cl)c1ccco1. The van der Waals surface area contributed by atoms with E-state index in [2.05, 4.69) is 5.32 Å². The fourth-order valence-electron chi connectivity index (χ4n) is 1.90. The van der Waals surface area contributed by atoms with Crippen molar-refractivity contribution < 1.29 is 18.7 Å². The summed E-state index contributed by atoms with van der Waals surface area (Å²) in [6.07, 6.45) is 4.12. The Hall–Kier alpha value is -2.24. The van der Waals surface area contributed by atoms with E-state index in [1.54, 1.807) is 37.3 Å². The highest BCUT2D eigenvalue weighted by molar-refractivity contribution is 6.37. The van der Waals surface area contributed by atoms with Gasteiger partial charge in [-0.1, -0.05) is 29.3 Å². The molecular formula is C17H15Cl2NO4. The number of nitrogens with one attached hydrogen (secondary N) is 1. The molecule has 2 aromatic rings. The lowest BCUT2D eigenvalue weighted by molar-refractivity contribution is -0.144. The molecule has 1 amide bonds. The van der Waals surface area contributed by atoms with Crippen LogP contribution in [-0.2, 0) is 14.3 Å². The van der Waals surface area contributed by atoms with Crippen LogP contribution in [0.2, 0.25) is 10.0 Å². The molecule has 5 nitrogen and oxygen atoms in total. The van der Waals surface area contributed by atoms with Crippen molar-refractivity contribution in [3.05, 3.63) is 64.0 Å². The minimum Gasteiger partial charge on any atom is -0.467 e. The number of esters is 1. The van der Waals surface area contributed by atoms with E-state index in [1.165, 1.54) is 12.3 Å². The highest BCUT2D eigenvalue weighted by Crippen LogP contribution is 2.25. The number of benzene rings is 1. The summed E-state index contributed by atoms with van der Waals surface area (Å²) in [6.45, 7) is 1.36. The van der Waals surface area contributed by atoms with Crippen LogP contribution in [0.5, 0.6) is 0 Å². The molecule has 0 spiro atoms. The maximum absolute atomic E-state index is 11.7. The van der Waals surface area contributed by atoms with Crippen LogP contribution in [-0.4, -0.2) is 18.5 Å². The molecule has 0 unspecified atom stereocenters. The molecule has 0 bridgehead atoms. The van der Waals surface area contributed by atoms with Crippen LogP contribution in [0.25, 0.3) is 6.08 Å². The predicted octanol–water partition coefficient (Wildman–Crippen LogP) is 4.02. The second kappa shape index (κ2) is 8.57. The number of amides is 1. The summed E-state index contributed by atoms with van der Waals surface area (Å²) in [5.74, 6) is -0.494. The lowest BCUT2D eigenvalue weighted by atomic mass is 10.2. The molecule has 0 fully saturated rings. The summed E-state index contributed by atoms with van der Waals surface area (Å²) in [7, 11) is 0. The van der Waals surface area contributed by atoms with Crippen molar-refractivity contribution in [2.75, 3.05) is 6.61 Å². The molecule has 0 aliphatic rings. The molecule has 0 aliphatic heterocycles. The summed E-state index contributed by atoms with van der Waals surface area (Å²) in [6, 6.07) is 8.16. The molecule has 0 saturated heterocycles. The molecule has 0 saturated carbocycles. The number of carbonyl (C=O) groups is 2. The number of carbonyl (C=O) groups excluding carboxylic acids is 2. The van der Waals surface area contributed by atoms with Gasteiger partial charge in [-0.3, -0.25) is 4.79 Å². The second-order valence-corrected chi connectivity index (χ2v) is 5.70. The molecule has 1 aromatic heterocycles. The van der Waals surface area contributed by atoms with Crippen LogP contribution in [0.1, 0.15) is 24.3 Å². The highest BCUT2D eigenvalue weighted by atomic mass is 35.5. The van der Waals surface area contributed by atoms with Gasteiger partial charge in [0.1, 0.15) is 5.76 Å². The molecule has 0 aliphatic carbocycles. The Balaban J connectivity index is 1.82. The fraction of sp³-hybridized carbons (Fsp3) is 0.176. The average molecular weight is 368 g/mol. The summed E-state index contributed by atoms with van der Waals surface area (Å²) in [5.41, 5.74) is 0.508. The minimum absolute atomic E-state index is 0.316. The molecule has 1 aromatic carbocycles. The molecule has 1 atom stereocenters. The van der Waals surface area contributed by atoms with Gasteiger partial charge >= 0.3 is 5.97 Å². The van der Waals surface area contributed by atoms with Crippen molar-refractivity contribution in [2.24, 2.45) is 0 Å². The minimum atomic E-state index is -0.674. The van der Waals surface area contributed by atoms with Crippen molar-refractivity contribution in [1.82, 2.24) is 5.32 Å². The predicted molar refractivity (Wildman–Crippen MR) is 91.7 cm³/mol. The molecule has 7 heteroatoms. The summed E-state index contributed by atoms with van der Waals surface area (Å²) in [5, 5.41) is 3.48. The third kappa shape index (κ3) is 5.15. The number of furan rings is 1. The van der Waals surface area contributed by atoms with Crippen LogP contribution >= 0.6 is 23.2 Å². The number of halogens is 2. The Morgan fingerprint density at radius 1 is 1.25 bits per heavy atom. The Morgan fingerprint density at radius 3 is 2.58 bits per heavy atom. The Bertz CT molecular complexity index is 721. The van der Waals surface area contributed by atoms with E-state index >= 15 is 0 Å². The van der Waals surface area contributed by atoms with E-state index in [9.17, 15) is 9.59 Å². The van der Waals surface area contributed by atoms with Gasteiger partial charge < -0.3 is 14.5 Å². The van der Waals surface area contributed by atoms with Crippen molar-refractivity contribution in [3.63, 3.8) is 0 Å². The fourth-order valence-corrected chi connectivity index (χ4v) is 2.42. The zero-order chi connectivity index (χ0) is 17.5. The zero-order valence-corrected chi connectivity index (χ0v) is 14.3. The van der Waals surface area contributed by atoms with Crippen LogP contribution < -0.4 is 5.32 Å². The van der Waals surface area contributed by atoms with Crippen LogP contribution in [0.4, 0.5) is 0 Å². The van der Waals surface area contributed by atoms with Crippen molar-refractivity contribution in [2.45, 2.75) is 13.0 Å². The lowest BCUT2D eigenvalue weighted by Crippen LogP contribution is -2.30. The van der Waals surface area contributed by atoms with Gasteiger partial charge in [0.15, 0.2) is 6.61 Å². The number of hydrogen-bond acceptors (Lipinski definition) is 4. The highest BCUT2D eigenvalue weighted by Gasteiger charge is 2.13. The third-order valence-corrected chi connectivity index (χ3v) is 3.74. The summed E-state index contributed by atoms with van der Waals surface area (Å²) in [4.78, 5) is 23.4. The van der Waals surface area contributed by atoms with Gasteiger partial charge in [-0.15, -0.1) is 0 Å². The van der Waals surface area contributed by atoms with Gasteiger partial charge in [0.2, 0.25) is 0 Å². The smallest absolute Gasteiger partial charge is 0.331 e. The van der Waals surface area contributed by atoms with Gasteiger partial charge in [0.25, 0.3) is 5.91 Å². The topological polar surface area (TPSA) is 68.5 Å². The first kappa shape index (κ1) is 18.1. The van der Waals surface area contributed by atoms with E-state index < -0.39 is 18.5 Å². The van der Waals surface area contributed by atoms with E-state index in [0.29, 0.717) is 21.4 Å². The Kier molecular flexibility index (Phi) is 6.46. The van der Waals surface area contributed by atoms with Crippen LogP contribution in [0.3, 0.4) is 0 Å². The number of rotatable bonds is 6. The van der Waals surface area contributed by atoms with Crippen molar-refractivity contribution in [3.8, 4) is 0 Å². The Labute approximate surface area is 149 Å². The van der Waals surface area contributed by atoms with E-state index in [-0.39, 0.29) is 6.04 Å². The monoisotopic (exact) mass is 367 g/mol. The first-order valence-electron chi connectivity index (χ1n) is 7.09. The van der Waals surface area contributed by atoms with E-state index in [0.717, 1.165) is 6.08 Å². The van der Waals surface area contributed by atoms with Crippen LogP contribution in [0, 0.1) is 0 Å². The molecule has 1 N–H and O–H groups in total. The van der Waals surface area contributed by atoms with Crippen molar-refractivity contribution >= 4 is 41.2 Å².